The van der Waals surface area contributed by atoms with Gasteiger partial charge in [0, 0.05) is 52.9 Å². The summed E-state index contributed by atoms with van der Waals surface area (Å²) in [5.41, 5.74) is 0.787. The van der Waals surface area contributed by atoms with Crippen LogP contribution in [0.3, 0.4) is 0 Å². The van der Waals surface area contributed by atoms with Crippen molar-refractivity contribution < 1.29 is 14.0 Å². The van der Waals surface area contributed by atoms with Crippen LogP contribution < -0.4 is 0 Å². The average Bonchev–Trinajstić information content (AvgIpc) is 3.03. The summed E-state index contributed by atoms with van der Waals surface area (Å²) in [5.74, 6) is -0.00935. The van der Waals surface area contributed by atoms with E-state index in [0.29, 0.717) is 13.1 Å². The van der Waals surface area contributed by atoms with Gasteiger partial charge in [0.25, 0.3) is 0 Å². The molecule has 7 heteroatoms. The molecule has 1 aromatic rings. The number of halogens is 1. The van der Waals surface area contributed by atoms with Crippen molar-refractivity contribution in [2.45, 2.75) is 45.2 Å². The molecular weight excluding hydrogens is 383 g/mol. The SMILES string of the molecule is CC(C(=O)N(C)Cc1cccc(F)c1)N1CCN(CC(=O)N2CCCCCC2)CC1. The molecule has 1 aromatic carbocycles. The molecule has 30 heavy (non-hydrogen) atoms. The molecule has 2 saturated heterocycles. The van der Waals surface area contributed by atoms with Crippen molar-refractivity contribution in [1.82, 2.24) is 19.6 Å². The van der Waals surface area contributed by atoms with E-state index in [1.807, 2.05) is 17.9 Å². The number of hydrogen-bond acceptors (Lipinski definition) is 4. The summed E-state index contributed by atoms with van der Waals surface area (Å²) < 4.78 is 13.4. The first-order chi connectivity index (χ1) is 14.4. The Hall–Kier alpha value is -1.99. The van der Waals surface area contributed by atoms with Crippen LogP contribution in [-0.4, -0.2) is 90.3 Å². The van der Waals surface area contributed by atoms with Crippen LogP contribution in [0.1, 0.15) is 38.2 Å². The highest BCUT2D eigenvalue weighted by molar-refractivity contribution is 5.81. The van der Waals surface area contributed by atoms with Crippen molar-refractivity contribution in [3.63, 3.8) is 0 Å². The van der Waals surface area contributed by atoms with Gasteiger partial charge in [-0.15, -0.1) is 0 Å². The standard InChI is InChI=1S/C23H35FN4O2/c1-19(23(30)25(2)17-20-8-7-9-21(24)16-20)27-14-12-26(13-15-27)18-22(29)28-10-5-3-4-6-11-28/h7-9,16,19H,3-6,10-15,17-18H2,1-2H3. The third-order valence-electron chi connectivity index (χ3n) is 6.31. The Balaban J connectivity index is 1.44. The second-order valence-electron chi connectivity index (χ2n) is 8.61. The van der Waals surface area contributed by atoms with Crippen LogP contribution in [0.15, 0.2) is 24.3 Å². The van der Waals surface area contributed by atoms with E-state index >= 15 is 0 Å². The maximum atomic E-state index is 13.4. The molecular formula is C23H35FN4O2. The Morgan fingerprint density at radius 2 is 1.70 bits per heavy atom. The molecule has 0 aromatic heterocycles. The normalized spacial score (nSPS) is 19.9. The molecule has 2 fully saturated rings. The van der Waals surface area contributed by atoms with Crippen LogP contribution >= 0.6 is 0 Å². The van der Waals surface area contributed by atoms with Crippen molar-refractivity contribution in [2.24, 2.45) is 0 Å². The minimum absolute atomic E-state index is 0.0355. The number of carbonyl (C=O) groups is 2. The van der Waals surface area contributed by atoms with E-state index in [1.54, 1.807) is 18.0 Å². The van der Waals surface area contributed by atoms with E-state index in [2.05, 4.69) is 9.80 Å². The van der Waals surface area contributed by atoms with Gasteiger partial charge in [-0.25, -0.2) is 4.39 Å². The van der Waals surface area contributed by atoms with Crippen LogP contribution in [0.4, 0.5) is 4.39 Å². The summed E-state index contributed by atoms with van der Waals surface area (Å²) in [4.78, 5) is 33.5. The van der Waals surface area contributed by atoms with Crippen molar-refractivity contribution in [3.8, 4) is 0 Å². The molecule has 1 unspecified atom stereocenters. The molecule has 2 amide bonds. The molecule has 1 atom stereocenters. The molecule has 6 nitrogen and oxygen atoms in total. The van der Waals surface area contributed by atoms with Crippen molar-refractivity contribution in [2.75, 3.05) is 52.9 Å². The number of amides is 2. The van der Waals surface area contributed by atoms with E-state index < -0.39 is 0 Å². The van der Waals surface area contributed by atoms with Gasteiger partial charge in [-0.3, -0.25) is 19.4 Å². The number of hydrogen-bond donors (Lipinski definition) is 0. The molecule has 2 aliphatic rings. The number of rotatable bonds is 6. The Labute approximate surface area is 179 Å². The Kier molecular flexibility index (Phi) is 8.22. The maximum Gasteiger partial charge on any atom is 0.239 e. The smallest absolute Gasteiger partial charge is 0.239 e. The van der Waals surface area contributed by atoms with Crippen LogP contribution in [0.25, 0.3) is 0 Å². The molecule has 2 aliphatic heterocycles. The number of nitrogens with zero attached hydrogens (tertiary/aromatic N) is 4. The number of benzene rings is 1. The Bertz CT molecular complexity index is 713. The number of likely N-dealkylation sites (N-methyl/N-ethyl adjacent to an activating group) is 1. The van der Waals surface area contributed by atoms with Crippen LogP contribution in [0, 0.1) is 5.82 Å². The summed E-state index contributed by atoms with van der Waals surface area (Å²) in [6.45, 7) is 7.73. The minimum atomic E-state index is -0.285. The van der Waals surface area contributed by atoms with Gasteiger partial charge < -0.3 is 9.80 Å². The predicted octanol–water partition coefficient (Wildman–Crippen LogP) is 2.19. The molecule has 166 valence electrons. The first-order valence-corrected chi connectivity index (χ1v) is 11.2. The molecule has 0 aliphatic carbocycles. The Morgan fingerprint density at radius 1 is 1.03 bits per heavy atom. The van der Waals surface area contributed by atoms with Crippen molar-refractivity contribution >= 4 is 11.8 Å². The lowest BCUT2D eigenvalue weighted by Crippen LogP contribution is -2.55. The summed E-state index contributed by atoms with van der Waals surface area (Å²) in [5, 5.41) is 0. The number of likely N-dealkylation sites (tertiary alicyclic amines) is 1. The van der Waals surface area contributed by atoms with E-state index in [0.717, 1.165) is 57.7 Å². The van der Waals surface area contributed by atoms with Crippen LogP contribution in [0.5, 0.6) is 0 Å². The fourth-order valence-electron chi connectivity index (χ4n) is 4.38. The molecule has 0 spiro atoms. The van der Waals surface area contributed by atoms with E-state index in [4.69, 9.17) is 0 Å². The monoisotopic (exact) mass is 418 g/mol. The third kappa shape index (κ3) is 6.25. The van der Waals surface area contributed by atoms with Gasteiger partial charge >= 0.3 is 0 Å². The fourth-order valence-corrected chi connectivity index (χ4v) is 4.38. The number of carbonyl (C=O) groups excluding carboxylic acids is 2. The quantitative estimate of drug-likeness (QED) is 0.711. The summed E-state index contributed by atoms with van der Waals surface area (Å²) in [7, 11) is 1.76. The lowest BCUT2D eigenvalue weighted by Gasteiger charge is -2.38. The summed E-state index contributed by atoms with van der Waals surface area (Å²) in [6, 6.07) is 6.14. The second-order valence-corrected chi connectivity index (χ2v) is 8.61. The first-order valence-electron chi connectivity index (χ1n) is 11.2. The van der Waals surface area contributed by atoms with Crippen LogP contribution in [0.2, 0.25) is 0 Å². The lowest BCUT2D eigenvalue weighted by molar-refractivity contribution is -0.137. The molecule has 2 heterocycles. The molecule has 0 bridgehead atoms. The van der Waals surface area contributed by atoms with E-state index in [9.17, 15) is 14.0 Å². The highest BCUT2D eigenvalue weighted by Gasteiger charge is 2.29. The van der Waals surface area contributed by atoms with Crippen molar-refractivity contribution in [3.05, 3.63) is 35.6 Å². The van der Waals surface area contributed by atoms with Gasteiger partial charge in [0.15, 0.2) is 0 Å². The fraction of sp³-hybridized carbons (Fsp3) is 0.652. The molecule has 0 saturated carbocycles. The molecule has 0 N–H and O–H groups in total. The predicted molar refractivity (Wildman–Crippen MR) is 115 cm³/mol. The zero-order valence-electron chi connectivity index (χ0n) is 18.4. The van der Waals surface area contributed by atoms with Crippen LogP contribution in [-0.2, 0) is 16.1 Å². The van der Waals surface area contributed by atoms with Gasteiger partial charge in [-0.2, -0.15) is 0 Å². The largest absolute Gasteiger partial charge is 0.342 e. The first kappa shape index (κ1) is 22.7. The average molecular weight is 419 g/mol. The third-order valence-corrected chi connectivity index (χ3v) is 6.31. The van der Waals surface area contributed by atoms with Gasteiger partial charge in [-0.05, 0) is 37.5 Å². The second kappa shape index (κ2) is 10.9. The lowest BCUT2D eigenvalue weighted by atomic mass is 10.1. The van der Waals surface area contributed by atoms with Crippen molar-refractivity contribution in [1.29, 1.82) is 0 Å². The van der Waals surface area contributed by atoms with Gasteiger partial charge in [0.05, 0.1) is 12.6 Å². The molecule has 0 radical (unpaired) electrons. The minimum Gasteiger partial charge on any atom is -0.342 e. The topological polar surface area (TPSA) is 47.1 Å². The number of piperazine rings is 1. The zero-order chi connectivity index (χ0) is 21.5. The summed E-state index contributed by atoms with van der Waals surface area (Å²) in [6.07, 6.45) is 4.68. The van der Waals surface area contributed by atoms with Gasteiger partial charge in [0.1, 0.15) is 5.82 Å². The molecule has 3 rings (SSSR count). The van der Waals surface area contributed by atoms with E-state index in [1.165, 1.54) is 25.0 Å². The Morgan fingerprint density at radius 3 is 2.33 bits per heavy atom. The summed E-state index contributed by atoms with van der Waals surface area (Å²) >= 11 is 0. The maximum absolute atomic E-state index is 13.4. The van der Waals surface area contributed by atoms with E-state index in [-0.39, 0.29) is 23.7 Å². The zero-order valence-corrected chi connectivity index (χ0v) is 18.4. The van der Waals surface area contributed by atoms with Gasteiger partial charge in [0.2, 0.25) is 11.8 Å². The van der Waals surface area contributed by atoms with Gasteiger partial charge in [-0.1, -0.05) is 25.0 Å². The highest BCUT2D eigenvalue weighted by atomic mass is 19.1. The highest BCUT2D eigenvalue weighted by Crippen LogP contribution is 2.13.